The van der Waals surface area contributed by atoms with E-state index in [0.29, 0.717) is 12.1 Å². The summed E-state index contributed by atoms with van der Waals surface area (Å²) in [6, 6.07) is 0.948. The lowest BCUT2D eigenvalue weighted by molar-refractivity contribution is -0.123. The molecule has 2 N–H and O–H groups in total. The van der Waals surface area contributed by atoms with E-state index in [0.717, 1.165) is 0 Å². The molecule has 0 aromatic carbocycles. The van der Waals surface area contributed by atoms with Crippen LogP contribution < -0.4 is 10.6 Å². The molecule has 0 aliphatic heterocycles. The summed E-state index contributed by atoms with van der Waals surface area (Å²) >= 11 is 0. The molecule has 1 amide bonds. The monoisotopic (exact) mass is 266 g/mol. The Morgan fingerprint density at radius 1 is 0.842 bits per heavy atom. The van der Waals surface area contributed by atoms with Gasteiger partial charge >= 0.3 is 0 Å². The largest absolute Gasteiger partial charge is 0.352 e. The van der Waals surface area contributed by atoms with Crippen LogP contribution in [0.4, 0.5) is 0 Å². The van der Waals surface area contributed by atoms with E-state index in [1.807, 2.05) is 6.92 Å². The number of carbonyl (C=O) groups is 1. The van der Waals surface area contributed by atoms with Crippen LogP contribution in [0.15, 0.2) is 0 Å². The first-order valence-corrected chi connectivity index (χ1v) is 8.32. The minimum absolute atomic E-state index is 0.0370. The number of rotatable bonds is 4. The second kappa shape index (κ2) is 7.88. The molecule has 1 atom stereocenters. The number of nitrogens with one attached hydrogen (secondary N) is 2. The van der Waals surface area contributed by atoms with Gasteiger partial charge in [-0.25, -0.2) is 0 Å². The van der Waals surface area contributed by atoms with Crippen LogP contribution in [0.5, 0.6) is 0 Å². The summed E-state index contributed by atoms with van der Waals surface area (Å²) in [5.41, 5.74) is 0. The van der Waals surface area contributed by atoms with Crippen molar-refractivity contribution in [3.05, 3.63) is 0 Å². The molecule has 19 heavy (non-hydrogen) atoms. The van der Waals surface area contributed by atoms with Gasteiger partial charge in [0.05, 0.1) is 6.04 Å². The smallest absolute Gasteiger partial charge is 0.237 e. The van der Waals surface area contributed by atoms with E-state index in [9.17, 15) is 4.79 Å². The maximum Gasteiger partial charge on any atom is 0.237 e. The zero-order valence-corrected chi connectivity index (χ0v) is 12.4. The van der Waals surface area contributed by atoms with Gasteiger partial charge in [0, 0.05) is 12.1 Å². The van der Waals surface area contributed by atoms with Crippen molar-refractivity contribution in [1.29, 1.82) is 0 Å². The van der Waals surface area contributed by atoms with Gasteiger partial charge in [-0.05, 0) is 32.6 Å². The summed E-state index contributed by atoms with van der Waals surface area (Å²) in [7, 11) is 0. The van der Waals surface area contributed by atoms with Gasteiger partial charge in [0.2, 0.25) is 5.91 Å². The van der Waals surface area contributed by atoms with Crippen LogP contribution in [0.1, 0.15) is 77.6 Å². The minimum atomic E-state index is -0.0370. The molecule has 2 rings (SSSR count). The highest BCUT2D eigenvalue weighted by Crippen LogP contribution is 2.19. The second-order valence-electron chi connectivity index (χ2n) is 6.42. The van der Waals surface area contributed by atoms with Crippen molar-refractivity contribution >= 4 is 5.91 Å². The molecule has 0 aromatic heterocycles. The van der Waals surface area contributed by atoms with E-state index in [1.54, 1.807) is 0 Å². The van der Waals surface area contributed by atoms with Crippen LogP contribution in [0.2, 0.25) is 0 Å². The highest BCUT2D eigenvalue weighted by Gasteiger charge is 2.22. The van der Waals surface area contributed by atoms with Gasteiger partial charge in [0.25, 0.3) is 0 Å². The van der Waals surface area contributed by atoms with Crippen LogP contribution in [-0.4, -0.2) is 24.0 Å². The van der Waals surface area contributed by atoms with E-state index in [2.05, 4.69) is 10.6 Å². The highest BCUT2D eigenvalue weighted by molar-refractivity contribution is 5.81. The molecular weight excluding hydrogens is 236 g/mol. The highest BCUT2D eigenvalue weighted by atomic mass is 16.2. The predicted octanol–water partition coefficient (Wildman–Crippen LogP) is 3.14. The topological polar surface area (TPSA) is 41.1 Å². The molecule has 2 aliphatic carbocycles. The van der Waals surface area contributed by atoms with Crippen molar-refractivity contribution in [3.8, 4) is 0 Å². The molecule has 3 nitrogen and oxygen atoms in total. The Morgan fingerprint density at radius 2 is 1.32 bits per heavy atom. The molecule has 1 unspecified atom stereocenters. The Morgan fingerprint density at radius 3 is 1.95 bits per heavy atom. The average Bonchev–Trinajstić information content (AvgIpc) is 2.85. The van der Waals surface area contributed by atoms with Crippen molar-refractivity contribution in [2.75, 3.05) is 0 Å². The van der Waals surface area contributed by atoms with Gasteiger partial charge in [0.15, 0.2) is 0 Å². The predicted molar refractivity (Wildman–Crippen MR) is 79.1 cm³/mol. The Kier molecular flexibility index (Phi) is 6.15. The Balaban J connectivity index is 1.71. The van der Waals surface area contributed by atoms with Gasteiger partial charge in [-0.15, -0.1) is 0 Å². The SMILES string of the molecule is CC(NC1CCCCCCC1)C(=O)NC1CCCC1. The number of hydrogen-bond donors (Lipinski definition) is 2. The normalized spacial score (nSPS) is 24.7. The van der Waals surface area contributed by atoms with Crippen LogP contribution in [0, 0.1) is 0 Å². The molecule has 0 aromatic rings. The summed E-state index contributed by atoms with van der Waals surface area (Å²) in [4.78, 5) is 12.2. The zero-order chi connectivity index (χ0) is 13.5. The van der Waals surface area contributed by atoms with Crippen molar-refractivity contribution in [1.82, 2.24) is 10.6 Å². The number of carbonyl (C=O) groups excluding carboxylic acids is 1. The van der Waals surface area contributed by atoms with Gasteiger partial charge in [-0.2, -0.15) is 0 Å². The van der Waals surface area contributed by atoms with Gasteiger partial charge < -0.3 is 10.6 Å². The third-order valence-electron chi connectivity index (χ3n) is 4.69. The van der Waals surface area contributed by atoms with Crippen LogP contribution in [0.3, 0.4) is 0 Å². The quantitative estimate of drug-likeness (QED) is 0.821. The molecule has 0 heterocycles. The molecule has 2 saturated carbocycles. The third kappa shape index (κ3) is 5.13. The maximum atomic E-state index is 12.2. The maximum absolute atomic E-state index is 12.2. The fraction of sp³-hybridized carbons (Fsp3) is 0.938. The van der Waals surface area contributed by atoms with Crippen molar-refractivity contribution in [2.24, 2.45) is 0 Å². The summed E-state index contributed by atoms with van der Waals surface area (Å²) in [6.07, 6.45) is 14.1. The molecule has 0 spiro atoms. The molecular formula is C16H30N2O. The first-order chi connectivity index (χ1) is 9.25. The van der Waals surface area contributed by atoms with Crippen LogP contribution in [-0.2, 0) is 4.79 Å². The lowest BCUT2D eigenvalue weighted by Gasteiger charge is -2.25. The lowest BCUT2D eigenvalue weighted by atomic mass is 9.96. The Bertz CT molecular complexity index is 266. The molecule has 2 fully saturated rings. The molecule has 0 bridgehead atoms. The minimum Gasteiger partial charge on any atom is -0.352 e. The van der Waals surface area contributed by atoms with Crippen molar-refractivity contribution in [3.63, 3.8) is 0 Å². The molecule has 0 saturated heterocycles. The zero-order valence-electron chi connectivity index (χ0n) is 12.4. The second-order valence-corrected chi connectivity index (χ2v) is 6.42. The van der Waals surface area contributed by atoms with Gasteiger partial charge in [0.1, 0.15) is 0 Å². The third-order valence-corrected chi connectivity index (χ3v) is 4.69. The number of amides is 1. The Hall–Kier alpha value is -0.570. The summed E-state index contributed by atoms with van der Waals surface area (Å²) < 4.78 is 0. The molecule has 0 radical (unpaired) electrons. The first kappa shape index (κ1) is 14.8. The van der Waals surface area contributed by atoms with E-state index >= 15 is 0 Å². The van der Waals surface area contributed by atoms with Crippen LogP contribution >= 0.6 is 0 Å². The van der Waals surface area contributed by atoms with E-state index < -0.39 is 0 Å². The van der Waals surface area contributed by atoms with E-state index in [-0.39, 0.29) is 11.9 Å². The van der Waals surface area contributed by atoms with E-state index in [1.165, 1.54) is 70.6 Å². The fourth-order valence-corrected chi connectivity index (χ4v) is 3.45. The summed E-state index contributed by atoms with van der Waals surface area (Å²) in [5.74, 6) is 0.203. The summed E-state index contributed by atoms with van der Waals surface area (Å²) in [5, 5.41) is 6.74. The standard InChI is InChI=1S/C16H30N2O/c1-13(16(19)18-15-11-7-8-12-15)17-14-9-5-3-2-4-6-10-14/h13-15,17H,2-12H2,1H3,(H,18,19). The van der Waals surface area contributed by atoms with Gasteiger partial charge in [-0.1, -0.05) is 44.9 Å². The lowest BCUT2D eigenvalue weighted by Crippen LogP contribution is -2.49. The fourth-order valence-electron chi connectivity index (χ4n) is 3.45. The van der Waals surface area contributed by atoms with Crippen molar-refractivity contribution in [2.45, 2.75) is 95.7 Å². The molecule has 110 valence electrons. The van der Waals surface area contributed by atoms with E-state index in [4.69, 9.17) is 0 Å². The van der Waals surface area contributed by atoms with Gasteiger partial charge in [-0.3, -0.25) is 4.79 Å². The molecule has 2 aliphatic rings. The number of hydrogen-bond acceptors (Lipinski definition) is 2. The Labute approximate surface area is 117 Å². The average molecular weight is 266 g/mol. The summed E-state index contributed by atoms with van der Waals surface area (Å²) in [6.45, 7) is 2.02. The van der Waals surface area contributed by atoms with Crippen molar-refractivity contribution < 1.29 is 4.79 Å². The molecule has 3 heteroatoms. The first-order valence-electron chi connectivity index (χ1n) is 8.32. The van der Waals surface area contributed by atoms with Crippen LogP contribution in [0.25, 0.3) is 0 Å².